The van der Waals surface area contributed by atoms with E-state index >= 15 is 0 Å². The number of aryl methyl sites for hydroxylation is 1. The standard InChI is InChI=1S/C5H7N3O2/c1-4-2-5(6)3-7(4)8(9)10/h2-3H,6H2,1H3. The lowest BCUT2D eigenvalue weighted by Crippen LogP contribution is -2.07. The fourth-order valence-corrected chi connectivity index (χ4v) is 0.764. The lowest BCUT2D eigenvalue weighted by Gasteiger charge is -1.89. The largest absolute Gasteiger partial charge is 0.397 e. The molecule has 1 rings (SSSR count). The fourth-order valence-electron chi connectivity index (χ4n) is 0.764. The van der Waals surface area contributed by atoms with Crippen LogP contribution in [0.25, 0.3) is 0 Å². The van der Waals surface area contributed by atoms with Gasteiger partial charge in [-0.05, 0) is 13.0 Å². The molecule has 0 amide bonds. The van der Waals surface area contributed by atoms with E-state index in [-0.39, 0.29) is 0 Å². The number of nitrogens with zero attached hydrogens (tertiary/aromatic N) is 2. The van der Waals surface area contributed by atoms with Crippen LogP contribution in [0.4, 0.5) is 5.69 Å². The number of nitrogen functional groups attached to an aromatic ring is 1. The van der Waals surface area contributed by atoms with Crippen LogP contribution in [0.5, 0.6) is 0 Å². The van der Waals surface area contributed by atoms with E-state index in [4.69, 9.17) is 5.73 Å². The maximum absolute atomic E-state index is 10.1. The number of hydrogen-bond donors (Lipinski definition) is 1. The molecule has 0 atom stereocenters. The Hall–Kier alpha value is -1.52. The number of nitro groups is 1. The minimum Gasteiger partial charge on any atom is -0.397 e. The molecule has 0 spiro atoms. The van der Waals surface area contributed by atoms with Crippen molar-refractivity contribution in [3.8, 4) is 0 Å². The summed E-state index contributed by atoms with van der Waals surface area (Å²) < 4.78 is 0.884. The van der Waals surface area contributed by atoms with Crippen LogP contribution in [0, 0.1) is 17.0 Å². The quantitative estimate of drug-likeness (QED) is 0.455. The van der Waals surface area contributed by atoms with Gasteiger partial charge in [0.1, 0.15) is 0 Å². The molecule has 0 aliphatic rings. The summed E-state index contributed by atoms with van der Waals surface area (Å²) in [4.78, 5) is 10.1. The lowest BCUT2D eigenvalue weighted by atomic mass is 10.5. The van der Waals surface area contributed by atoms with Gasteiger partial charge in [-0.3, -0.25) is 0 Å². The molecule has 0 aromatic carbocycles. The summed E-state index contributed by atoms with van der Waals surface area (Å²) in [5.41, 5.74) is 6.23. The molecule has 5 heteroatoms. The van der Waals surface area contributed by atoms with Crippen molar-refractivity contribution in [2.24, 2.45) is 0 Å². The maximum atomic E-state index is 10.1. The van der Waals surface area contributed by atoms with E-state index in [1.165, 1.54) is 6.20 Å². The van der Waals surface area contributed by atoms with Gasteiger partial charge in [-0.1, -0.05) is 4.68 Å². The topological polar surface area (TPSA) is 74.1 Å². The summed E-state index contributed by atoms with van der Waals surface area (Å²) >= 11 is 0. The molecule has 0 fully saturated rings. The molecule has 54 valence electrons. The van der Waals surface area contributed by atoms with E-state index in [2.05, 4.69) is 0 Å². The van der Waals surface area contributed by atoms with Crippen molar-refractivity contribution in [1.29, 1.82) is 0 Å². The second-order valence-electron chi connectivity index (χ2n) is 2.00. The average Bonchev–Trinajstić information content (AvgIpc) is 2.10. The molecule has 1 aromatic rings. The van der Waals surface area contributed by atoms with Crippen LogP contribution in [-0.2, 0) is 0 Å². The van der Waals surface area contributed by atoms with Crippen LogP contribution in [0.15, 0.2) is 12.3 Å². The summed E-state index contributed by atoms with van der Waals surface area (Å²) in [6.45, 7) is 1.62. The van der Waals surface area contributed by atoms with Crippen molar-refractivity contribution in [2.45, 2.75) is 6.92 Å². The van der Waals surface area contributed by atoms with Crippen LogP contribution in [0.1, 0.15) is 5.69 Å². The minimum atomic E-state index is -0.522. The highest BCUT2D eigenvalue weighted by Crippen LogP contribution is 2.07. The van der Waals surface area contributed by atoms with Gasteiger partial charge in [-0.15, -0.1) is 0 Å². The second kappa shape index (κ2) is 2.02. The van der Waals surface area contributed by atoms with Crippen LogP contribution in [-0.4, -0.2) is 9.71 Å². The first-order valence-corrected chi connectivity index (χ1v) is 2.70. The summed E-state index contributed by atoms with van der Waals surface area (Å²) in [5, 5.41) is 9.63. The monoisotopic (exact) mass is 141 g/mol. The third-order valence-electron chi connectivity index (χ3n) is 1.18. The first kappa shape index (κ1) is 6.60. The van der Waals surface area contributed by atoms with Crippen LogP contribution < -0.4 is 5.73 Å². The predicted molar refractivity (Wildman–Crippen MR) is 36.0 cm³/mol. The Labute approximate surface area is 57.2 Å². The number of hydrogen-bond acceptors (Lipinski definition) is 3. The summed E-state index contributed by atoms with van der Waals surface area (Å²) in [6, 6.07) is 1.54. The molecular weight excluding hydrogens is 134 g/mol. The van der Waals surface area contributed by atoms with Crippen LogP contribution >= 0.6 is 0 Å². The smallest absolute Gasteiger partial charge is 0.169 e. The normalized spacial score (nSPS) is 9.70. The van der Waals surface area contributed by atoms with Gasteiger partial charge in [-0.2, -0.15) is 0 Å². The van der Waals surface area contributed by atoms with Gasteiger partial charge in [-0.25, -0.2) is 10.1 Å². The minimum absolute atomic E-state index is 0.411. The molecule has 0 bridgehead atoms. The van der Waals surface area contributed by atoms with Crippen LogP contribution in [0.2, 0.25) is 0 Å². The van der Waals surface area contributed by atoms with Crippen molar-refractivity contribution < 1.29 is 5.03 Å². The van der Waals surface area contributed by atoms with Gasteiger partial charge in [0.05, 0.1) is 17.6 Å². The lowest BCUT2D eigenvalue weighted by molar-refractivity contribution is -0.543. The van der Waals surface area contributed by atoms with E-state index in [1.54, 1.807) is 13.0 Å². The van der Waals surface area contributed by atoms with Crippen molar-refractivity contribution in [2.75, 3.05) is 5.73 Å². The Morgan fingerprint density at radius 3 is 2.60 bits per heavy atom. The van der Waals surface area contributed by atoms with Gasteiger partial charge in [0.25, 0.3) is 0 Å². The van der Waals surface area contributed by atoms with Crippen molar-refractivity contribution >= 4 is 5.69 Å². The Kier molecular flexibility index (Phi) is 1.33. The van der Waals surface area contributed by atoms with E-state index in [0.29, 0.717) is 11.4 Å². The van der Waals surface area contributed by atoms with Gasteiger partial charge in [0.2, 0.25) is 0 Å². The van der Waals surface area contributed by atoms with E-state index < -0.39 is 5.03 Å². The third kappa shape index (κ3) is 0.928. The first-order chi connectivity index (χ1) is 4.61. The molecule has 10 heavy (non-hydrogen) atoms. The predicted octanol–water partition coefficient (Wildman–Crippen LogP) is 0.419. The fraction of sp³-hybridized carbons (Fsp3) is 0.200. The Balaban J connectivity index is 3.15. The van der Waals surface area contributed by atoms with Crippen molar-refractivity contribution in [3.63, 3.8) is 0 Å². The highest BCUT2D eigenvalue weighted by atomic mass is 16.7. The van der Waals surface area contributed by atoms with E-state index in [9.17, 15) is 10.1 Å². The molecular formula is C5H7N3O2. The molecule has 0 radical (unpaired) electrons. The third-order valence-corrected chi connectivity index (χ3v) is 1.18. The molecule has 1 heterocycles. The van der Waals surface area contributed by atoms with Gasteiger partial charge in [0.15, 0.2) is 5.03 Å². The Morgan fingerprint density at radius 2 is 2.40 bits per heavy atom. The molecule has 5 nitrogen and oxygen atoms in total. The highest BCUT2D eigenvalue weighted by molar-refractivity contribution is 5.37. The van der Waals surface area contributed by atoms with Gasteiger partial charge < -0.3 is 5.73 Å². The zero-order chi connectivity index (χ0) is 7.72. The molecule has 0 saturated heterocycles. The molecule has 0 aliphatic carbocycles. The zero-order valence-electron chi connectivity index (χ0n) is 5.44. The number of rotatable bonds is 1. The molecule has 0 saturated carbocycles. The molecule has 2 N–H and O–H groups in total. The van der Waals surface area contributed by atoms with Crippen molar-refractivity contribution in [1.82, 2.24) is 4.68 Å². The SMILES string of the molecule is Cc1cc(N)cn1[N+](=O)[O-]. The number of nitrogens with two attached hydrogens (primary N) is 1. The van der Waals surface area contributed by atoms with Gasteiger partial charge in [0, 0.05) is 0 Å². The van der Waals surface area contributed by atoms with Gasteiger partial charge >= 0.3 is 0 Å². The molecule has 1 aromatic heterocycles. The Morgan fingerprint density at radius 1 is 1.80 bits per heavy atom. The average molecular weight is 141 g/mol. The number of anilines is 1. The zero-order valence-corrected chi connectivity index (χ0v) is 5.44. The van der Waals surface area contributed by atoms with E-state index in [1.807, 2.05) is 0 Å². The Bertz CT molecular complexity index is 266. The summed E-state index contributed by atoms with van der Waals surface area (Å²) in [5.74, 6) is 0. The maximum Gasteiger partial charge on any atom is 0.169 e. The van der Waals surface area contributed by atoms with E-state index in [0.717, 1.165) is 4.68 Å². The molecule has 0 unspecified atom stereocenters. The summed E-state index contributed by atoms with van der Waals surface area (Å²) in [6.07, 6.45) is 1.27. The summed E-state index contributed by atoms with van der Waals surface area (Å²) in [7, 11) is 0. The first-order valence-electron chi connectivity index (χ1n) is 2.70. The highest BCUT2D eigenvalue weighted by Gasteiger charge is 2.06. The van der Waals surface area contributed by atoms with Crippen LogP contribution in [0.3, 0.4) is 0 Å². The second-order valence-corrected chi connectivity index (χ2v) is 2.00. The number of aromatic nitrogens is 1. The molecule has 0 aliphatic heterocycles. The van der Waals surface area contributed by atoms with Crippen molar-refractivity contribution in [3.05, 3.63) is 28.1 Å².